The molecule has 0 bridgehead atoms. The average Bonchev–Trinajstić information content (AvgIpc) is 2.91. The molecule has 1 aromatic heterocycles. The highest BCUT2D eigenvalue weighted by Gasteiger charge is 2.20. The van der Waals surface area contributed by atoms with Crippen molar-refractivity contribution < 1.29 is 13.7 Å². The molecule has 0 fully saturated rings. The van der Waals surface area contributed by atoms with E-state index in [1.54, 1.807) is 11.6 Å². The first-order chi connectivity index (χ1) is 9.52. The molecule has 5 nitrogen and oxygen atoms in total. The fourth-order valence-electron chi connectivity index (χ4n) is 1.72. The molecule has 0 aliphatic heterocycles. The number of nitrogens with one attached hydrogen (secondary N) is 1. The summed E-state index contributed by atoms with van der Waals surface area (Å²) in [6, 6.07) is 1.04. The number of halogens is 2. The highest BCUT2D eigenvalue weighted by atomic mass is 32.1. The lowest BCUT2D eigenvalue weighted by molar-refractivity contribution is -0.385. The predicted octanol–water partition coefficient (Wildman–Crippen LogP) is 3.89. The fraction of sp³-hybridized carbons (Fsp3) is 0.250. The quantitative estimate of drug-likeness (QED) is 0.671. The van der Waals surface area contributed by atoms with Gasteiger partial charge < -0.3 is 5.32 Å². The topological polar surface area (TPSA) is 68.1 Å². The van der Waals surface area contributed by atoms with Crippen LogP contribution in [0.25, 0.3) is 0 Å². The van der Waals surface area contributed by atoms with Crippen molar-refractivity contribution in [2.75, 3.05) is 5.32 Å². The van der Waals surface area contributed by atoms with E-state index in [-0.39, 0.29) is 11.7 Å². The number of anilines is 1. The number of non-ortho nitro benzene ring substituents is 1. The predicted molar refractivity (Wildman–Crippen MR) is 71.8 cm³/mol. The van der Waals surface area contributed by atoms with E-state index in [0.29, 0.717) is 23.6 Å². The minimum atomic E-state index is -0.994. The molecule has 2 aromatic rings. The smallest absolute Gasteiger partial charge is 0.275 e. The zero-order valence-electron chi connectivity index (χ0n) is 10.5. The molecule has 0 aliphatic carbocycles. The molecule has 0 radical (unpaired) electrons. The van der Waals surface area contributed by atoms with Crippen molar-refractivity contribution in [3.8, 4) is 0 Å². The Bertz CT molecular complexity index is 596. The van der Waals surface area contributed by atoms with E-state index in [1.165, 1.54) is 11.3 Å². The summed E-state index contributed by atoms with van der Waals surface area (Å²) in [5.41, 5.74) is -0.995. The lowest BCUT2D eigenvalue weighted by Crippen LogP contribution is -2.12. The number of thiazole rings is 1. The Morgan fingerprint density at radius 1 is 1.45 bits per heavy atom. The lowest BCUT2D eigenvalue weighted by atomic mass is 10.2. The molecule has 1 N–H and O–H groups in total. The Hall–Kier alpha value is -2.09. The van der Waals surface area contributed by atoms with Gasteiger partial charge >= 0.3 is 0 Å². The van der Waals surface area contributed by atoms with Crippen molar-refractivity contribution in [1.29, 1.82) is 0 Å². The monoisotopic (exact) mass is 299 g/mol. The molecule has 0 saturated heterocycles. The van der Waals surface area contributed by atoms with Gasteiger partial charge in [0.05, 0.1) is 23.1 Å². The van der Waals surface area contributed by atoms with Crippen molar-refractivity contribution >= 4 is 22.7 Å². The summed E-state index contributed by atoms with van der Waals surface area (Å²) in [5.74, 6) is -1.99. The van der Waals surface area contributed by atoms with E-state index in [9.17, 15) is 18.9 Å². The van der Waals surface area contributed by atoms with Crippen LogP contribution in [0, 0.1) is 21.7 Å². The van der Waals surface area contributed by atoms with E-state index in [1.807, 2.05) is 6.92 Å². The summed E-state index contributed by atoms with van der Waals surface area (Å²) in [5, 5.41) is 15.7. The minimum absolute atomic E-state index is 0.347. The zero-order valence-corrected chi connectivity index (χ0v) is 11.3. The molecule has 2 rings (SSSR count). The third-order valence-corrected chi connectivity index (χ3v) is 3.60. The fourth-order valence-corrected chi connectivity index (χ4v) is 2.49. The second-order valence-corrected chi connectivity index (χ2v) is 4.94. The van der Waals surface area contributed by atoms with Gasteiger partial charge in [-0.05, 0) is 6.42 Å². The van der Waals surface area contributed by atoms with Gasteiger partial charge in [0, 0.05) is 11.6 Å². The highest BCUT2D eigenvalue weighted by Crippen LogP contribution is 2.30. The molecular formula is C12H11F2N3O2S. The van der Waals surface area contributed by atoms with Crippen LogP contribution in [-0.4, -0.2) is 9.91 Å². The summed E-state index contributed by atoms with van der Waals surface area (Å²) in [6.45, 7) is 1.85. The van der Waals surface area contributed by atoms with Gasteiger partial charge in [0.1, 0.15) is 10.7 Å². The van der Waals surface area contributed by atoms with Crippen LogP contribution in [0.15, 0.2) is 23.7 Å². The lowest BCUT2D eigenvalue weighted by Gasteiger charge is -2.16. The Kier molecular flexibility index (Phi) is 4.23. The SMILES string of the molecule is CCC(Nc1c(F)cc([N+](=O)[O-])cc1F)c1nccs1. The molecule has 0 saturated carbocycles. The maximum Gasteiger partial charge on any atom is 0.275 e. The number of nitro benzene ring substituents is 1. The van der Waals surface area contributed by atoms with Crippen LogP contribution in [0.4, 0.5) is 20.2 Å². The van der Waals surface area contributed by atoms with Crippen LogP contribution in [0.3, 0.4) is 0 Å². The van der Waals surface area contributed by atoms with Gasteiger partial charge in [-0.3, -0.25) is 10.1 Å². The van der Waals surface area contributed by atoms with Crippen LogP contribution in [0.5, 0.6) is 0 Å². The van der Waals surface area contributed by atoms with Gasteiger partial charge in [0.2, 0.25) is 0 Å². The molecule has 0 aliphatic rings. The van der Waals surface area contributed by atoms with Crippen LogP contribution in [0.2, 0.25) is 0 Å². The number of hydrogen-bond donors (Lipinski definition) is 1. The maximum atomic E-state index is 13.8. The number of rotatable bonds is 5. The summed E-state index contributed by atoms with van der Waals surface area (Å²) in [7, 11) is 0. The van der Waals surface area contributed by atoms with Crippen LogP contribution < -0.4 is 5.32 Å². The third kappa shape index (κ3) is 2.90. The Balaban J connectivity index is 2.31. The van der Waals surface area contributed by atoms with E-state index < -0.39 is 22.2 Å². The number of aromatic nitrogens is 1. The number of benzene rings is 1. The van der Waals surface area contributed by atoms with Gasteiger partial charge in [0.15, 0.2) is 11.6 Å². The van der Waals surface area contributed by atoms with Crippen LogP contribution in [-0.2, 0) is 0 Å². The standard InChI is InChI=1S/C12H11F2N3O2S/c1-2-10(12-15-3-4-20-12)16-11-8(13)5-7(17(18)19)6-9(11)14/h3-6,10,16H,2H2,1H3. The first-order valence-electron chi connectivity index (χ1n) is 5.82. The number of nitrogens with zero attached hydrogens (tertiary/aromatic N) is 2. The molecular weight excluding hydrogens is 288 g/mol. The van der Waals surface area contributed by atoms with E-state index in [0.717, 1.165) is 0 Å². The van der Waals surface area contributed by atoms with Crippen molar-refractivity contribution in [3.05, 3.63) is 50.5 Å². The summed E-state index contributed by atoms with van der Waals surface area (Å²) in [4.78, 5) is 13.8. The number of hydrogen-bond acceptors (Lipinski definition) is 5. The van der Waals surface area contributed by atoms with E-state index >= 15 is 0 Å². The van der Waals surface area contributed by atoms with Gasteiger partial charge in [-0.1, -0.05) is 6.92 Å². The van der Waals surface area contributed by atoms with Gasteiger partial charge in [-0.2, -0.15) is 0 Å². The van der Waals surface area contributed by atoms with Gasteiger partial charge in [-0.15, -0.1) is 11.3 Å². The Labute approximate surface area is 117 Å². The molecule has 1 atom stereocenters. The second kappa shape index (κ2) is 5.91. The minimum Gasteiger partial charge on any atom is -0.371 e. The first-order valence-corrected chi connectivity index (χ1v) is 6.70. The largest absolute Gasteiger partial charge is 0.371 e. The van der Waals surface area contributed by atoms with Gasteiger partial charge in [-0.25, -0.2) is 13.8 Å². The third-order valence-electron chi connectivity index (χ3n) is 2.71. The molecule has 1 unspecified atom stereocenters. The molecule has 0 spiro atoms. The highest BCUT2D eigenvalue weighted by molar-refractivity contribution is 7.09. The van der Waals surface area contributed by atoms with E-state index in [2.05, 4.69) is 10.3 Å². The molecule has 106 valence electrons. The first kappa shape index (κ1) is 14.3. The normalized spacial score (nSPS) is 12.2. The Morgan fingerprint density at radius 2 is 2.10 bits per heavy atom. The van der Waals surface area contributed by atoms with Crippen molar-refractivity contribution in [2.24, 2.45) is 0 Å². The Morgan fingerprint density at radius 3 is 2.55 bits per heavy atom. The summed E-state index contributed by atoms with van der Waals surface area (Å²) in [6.07, 6.45) is 2.18. The van der Waals surface area contributed by atoms with Crippen molar-refractivity contribution in [1.82, 2.24) is 4.98 Å². The summed E-state index contributed by atoms with van der Waals surface area (Å²) < 4.78 is 27.6. The second-order valence-electron chi connectivity index (χ2n) is 4.02. The molecule has 1 aromatic carbocycles. The maximum absolute atomic E-state index is 13.8. The molecule has 20 heavy (non-hydrogen) atoms. The number of nitro groups is 1. The van der Waals surface area contributed by atoms with Crippen LogP contribution >= 0.6 is 11.3 Å². The summed E-state index contributed by atoms with van der Waals surface area (Å²) >= 11 is 1.37. The molecule has 1 heterocycles. The zero-order chi connectivity index (χ0) is 14.7. The van der Waals surface area contributed by atoms with Crippen LogP contribution in [0.1, 0.15) is 24.4 Å². The van der Waals surface area contributed by atoms with Gasteiger partial charge in [0.25, 0.3) is 5.69 Å². The van der Waals surface area contributed by atoms with E-state index in [4.69, 9.17) is 0 Å². The molecule has 8 heteroatoms. The average molecular weight is 299 g/mol. The van der Waals surface area contributed by atoms with Crippen molar-refractivity contribution in [2.45, 2.75) is 19.4 Å². The molecule has 0 amide bonds. The van der Waals surface area contributed by atoms with Crippen molar-refractivity contribution in [3.63, 3.8) is 0 Å².